The van der Waals surface area contributed by atoms with Crippen LogP contribution in [0.1, 0.15) is 30.4 Å². The smallest absolute Gasteiger partial charge is 0.285 e. The van der Waals surface area contributed by atoms with Crippen LogP contribution in [0.2, 0.25) is 0 Å². The summed E-state index contributed by atoms with van der Waals surface area (Å²) in [5, 5.41) is 0. The Morgan fingerprint density at radius 3 is 2.44 bits per heavy atom. The Morgan fingerprint density at radius 2 is 1.89 bits per heavy atom. The fraction of sp³-hybridized carbons (Fsp3) is 0.357. The molecule has 1 aromatic carbocycles. The van der Waals surface area contributed by atoms with Gasteiger partial charge in [0, 0.05) is 6.21 Å². The van der Waals surface area contributed by atoms with Crippen molar-refractivity contribution in [2.24, 2.45) is 4.99 Å². The first-order valence-electron chi connectivity index (χ1n) is 5.93. The van der Waals surface area contributed by atoms with Gasteiger partial charge in [0.15, 0.2) is 0 Å². The zero-order chi connectivity index (χ0) is 13.0. The number of nitrogens with zero attached hydrogens (tertiary/aromatic N) is 1. The molecule has 2 rings (SSSR count). The van der Waals surface area contributed by atoms with E-state index in [0.29, 0.717) is 5.56 Å². The molecule has 0 amide bonds. The molecule has 4 heteroatoms. The molecule has 0 bridgehead atoms. The molecule has 0 aromatic heterocycles. The van der Waals surface area contributed by atoms with Gasteiger partial charge in [-0.05, 0) is 37.0 Å². The van der Waals surface area contributed by atoms with Crippen molar-refractivity contribution < 1.29 is 13.2 Å². The van der Waals surface area contributed by atoms with Crippen LogP contribution in [0.25, 0.3) is 0 Å². The molecule has 1 unspecified atom stereocenters. The Kier molecular flexibility index (Phi) is 3.84. The topological polar surface area (TPSA) is 12.4 Å². The number of benzene rings is 1. The third-order valence-corrected chi connectivity index (χ3v) is 2.88. The molecule has 1 aliphatic carbocycles. The van der Waals surface area contributed by atoms with Gasteiger partial charge in [0.2, 0.25) is 0 Å². The summed E-state index contributed by atoms with van der Waals surface area (Å²) in [6.07, 6.45) is 4.72. The lowest BCUT2D eigenvalue weighted by atomic mass is 10.0. The summed E-state index contributed by atoms with van der Waals surface area (Å²) in [4.78, 5) is 4.35. The van der Waals surface area contributed by atoms with Crippen LogP contribution in [0, 0.1) is 0 Å². The molecule has 1 nitrogen and oxygen atoms in total. The summed E-state index contributed by atoms with van der Waals surface area (Å²) in [6, 6.07) is 5.22. The Hall–Kier alpha value is -1.58. The minimum atomic E-state index is -4.28. The van der Waals surface area contributed by atoms with Crippen LogP contribution in [0.3, 0.4) is 0 Å². The molecule has 0 fully saturated rings. The minimum Gasteiger partial charge on any atom is -0.285 e. The average molecular weight is 253 g/mol. The number of alkyl halides is 3. The lowest BCUT2D eigenvalue weighted by Crippen LogP contribution is -2.05. The maximum atomic E-state index is 12.4. The van der Waals surface area contributed by atoms with Crippen LogP contribution in [-0.4, -0.2) is 12.3 Å². The largest absolute Gasteiger partial charge is 0.416 e. The molecule has 0 aliphatic heterocycles. The minimum absolute atomic E-state index is 0.168. The molecule has 18 heavy (non-hydrogen) atoms. The highest BCUT2D eigenvalue weighted by molar-refractivity contribution is 5.79. The average Bonchev–Trinajstić information content (AvgIpc) is 2.37. The van der Waals surface area contributed by atoms with Crippen molar-refractivity contribution in [3.05, 3.63) is 47.5 Å². The van der Waals surface area contributed by atoms with Crippen molar-refractivity contribution in [2.75, 3.05) is 0 Å². The van der Waals surface area contributed by atoms with E-state index in [1.54, 1.807) is 6.21 Å². The molecule has 1 atom stereocenters. The lowest BCUT2D eigenvalue weighted by Gasteiger charge is -2.11. The molecule has 0 heterocycles. The van der Waals surface area contributed by atoms with E-state index in [1.165, 1.54) is 12.1 Å². The van der Waals surface area contributed by atoms with Gasteiger partial charge in [-0.25, -0.2) is 0 Å². The van der Waals surface area contributed by atoms with E-state index in [2.05, 4.69) is 11.1 Å². The Balaban J connectivity index is 2.04. The van der Waals surface area contributed by atoms with Crippen molar-refractivity contribution in [3.63, 3.8) is 0 Å². The second-order valence-electron chi connectivity index (χ2n) is 4.32. The van der Waals surface area contributed by atoms with Gasteiger partial charge >= 0.3 is 6.18 Å². The molecule has 1 aromatic rings. The Morgan fingerprint density at radius 1 is 1.17 bits per heavy atom. The first-order chi connectivity index (χ1) is 8.55. The van der Waals surface area contributed by atoms with Crippen molar-refractivity contribution >= 4 is 6.21 Å². The summed E-state index contributed by atoms with van der Waals surface area (Å²) >= 11 is 0. The van der Waals surface area contributed by atoms with Gasteiger partial charge in [0.1, 0.15) is 0 Å². The number of hydrogen-bond acceptors (Lipinski definition) is 1. The molecule has 1 aliphatic rings. The number of rotatable bonds is 2. The Bertz CT molecular complexity index is 443. The Labute approximate surface area is 104 Å². The van der Waals surface area contributed by atoms with Crippen molar-refractivity contribution in [1.29, 1.82) is 0 Å². The maximum absolute atomic E-state index is 12.4. The maximum Gasteiger partial charge on any atom is 0.416 e. The highest BCUT2D eigenvalue weighted by Gasteiger charge is 2.29. The summed E-state index contributed by atoms with van der Waals surface area (Å²) in [6.45, 7) is 0. The van der Waals surface area contributed by atoms with Crippen molar-refractivity contribution in [2.45, 2.75) is 31.5 Å². The lowest BCUT2D eigenvalue weighted by molar-refractivity contribution is -0.137. The fourth-order valence-electron chi connectivity index (χ4n) is 1.86. The molecule has 0 N–H and O–H groups in total. The van der Waals surface area contributed by atoms with E-state index >= 15 is 0 Å². The van der Waals surface area contributed by atoms with E-state index in [4.69, 9.17) is 0 Å². The SMILES string of the molecule is FC(F)(F)c1ccc(C=NC2C=CCCC2)cc1. The van der Waals surface area contributed by atoms with E-state index < -0.39 is 11.7 Å². The van der Waals surface area contributed by atoms with Gasteiger partial charge in [-0.1, -0.05) is 24.3 Å². The summed E-state index contributed by atoms with van der Waals surface area (Å²) in [5.74, 6) is 0. The molecular weight excluding hydrogens is 239 g/mol. The predicted molar refractivity (Wildman–Crippen MR) is 65.8 cm³/mol. The number of halogens is 3. The first kappa shape index (κ1) is 12.9. The van der Waals surface area contributed by atoms with E-state index in [-0.39, 0.29) is 6.04 Å². The summed E-state index contributed by atoms with van der Waals surface area (Å²) < 4.78 is 37.1. The van der Waals surface area contributed by atoms with Crippen LogP contribution in [-0.2, 0) is 6.18 Å². The number of aliphatic imine (C=N–C) groups is 1. The standard InChI is InChI=1S/C14H14F3N/c15-14(16,17)12-8-6-11(7-9-12)10-18-13-4-2-1-3-5-13/h2,4,6-10,13H,1,3,5H2. The van der Waals surface area contributed by atoms with Gasteiger partial charge < -0.3 is 0 Å². The summed E-state index contributed by atoms with van der Waals surface area (Å²) in [7, 11) is 0. The quantitative estimate of drug-likeness (QED) is 0.552. The zero-order valence-corrected chi connectivity index (χ0v) is 9.82. The first-order valence-corrected chi connectivity index (χ1v) is 5.93. The molecular formula is C14H14F3N. The van der Waals surface area contributed by atoms with Gasteiger partial charge in [-0.2, -0.15) is 13.2 Å². The summed E-state index contributed by atoms with van der Waals surface area (Å²) in [5.41, 5.74) is 0.0687. The van der Waals surface area contributed by atoms with Crippen LogP contribution in [0.5, 0.6) is 0 Å². The van der Waals surface area contributed by atoms with Crippen molar-refractivity contribution in [1.82, 2.24) is 0 Å². The third-order valence-electron chi connectivity index (χ3n) is 2.88. The second kappa shape index (κ2) is 5.38. The van der Waals surface area contributed by atoms with E-state index in [1.807, 2.05) is 6.08 Å². The van der Waals surface area contributed by atoms with E-state index in [0.717, 1.165) is 31.4 Å². The zero-order valence-electron chi connectivity index (χ0n) is 9.82. The molecule has 0 saturated carbocycles. The normalized spacial score (nSPS) is 20.5. The molecule has 0 spiro atoms. The van der Waals surface area contributed by atoms with Crippen LogP contribution >= 0.6 is 0 Å². The van der Waals surface area contributed by atoms with Crippen LogP contribution in [0.4, 0.5) is 13.2 Å². The van der Waals surface area contributed by atoms with Crippen LogP contribution in [0.15, 0.2) is 41.4 Å². The highest BCUT2D eigenvalue weighted by Crippen LogP contribution is 2.28. The number of allylic oxidation sites excluding steroid dienone is 1. The van der Waals surface area contributed by atoms with Gasteiger partial charge in [-0.15, -0.1) is 0 Å². The highest BCUT2D eigenvalue weighted by atomic mass is 19.4. The van der Waals surface area contributed by atoms with Crippen molar-refractivity contribution in [3.8, 4) is 0 Å². The number of hydrogen-bond donors (Lipinski definition) is 0. The third kappa shape index (κ3) is 3.45. The second-order valence-corrected chi connectivity index (χ2v) is 4.32. The molecule has 96 valence electrons. The molecule has 0 saturated heterocycles. The van der Waals surface area contributed by atoms with E-state index in [9.17, 15) is 13.2 Å². The monoisotopic (exact) mass is 253 g/mol. The fourth-order valence-corrected chi connectivity index (χ4v) is 1.86. The van der Waals surface area contributed by atoms with Gasteiger partial charge in [0.05, 0.1) is 11.6 Å². The van der Waals surface area contributed by atoms with Gasteiger partial charge in [0.25, 0.3) is 0 Å². The van der Waals surface area contributed by atoms with Crippen LogP contribution < -0.4 is 0 Å². The molecule has 0 radical (unpaired) electrons. The van der Waals surface area contributed by atoms with Gasteiger partial charge in [-0.3, -0.25) is 4.99 Å². The predicted octanol–water partition coefficient (Wildman–Crippen LogP) is 4.23.